The van der Waals surface area contributed by atoms with Crippen LogP contribution < -0.4 is 16.0 Å². The van der Waals surface area contributed by atoms with Crippen LogP contribution in [0.15, 0.2) is 48.8 Å². The predicted molar refractivity (Wildman–Crippen MR) is 115 cm³/mol. The van der Waals surface area contributed by atoms with E-state index in [1.54, 1.807) is 12.4 Å². The fourth-order valence-corrected chi connectivity index (χ4v) is 4.06. The molecular formula is C23H24F3N5. The number of halogens is 3. The van der Waals surface area contributed by atoms with Crippen molar-refractivity contribution in [2.45, 2.75) is 25.9 Å². The molecule has 0 radical (unpaired) electrons. The van der Waals surface area contributed by atoms with E-state index < -0.39 is 23.0 Å². The summed E-state index contributed by atoms with van der Waals surface area (Å²) in [6.07, 6.45) is 4.42. The lowest BCUT2D eigenvalue weighted by atomic mass is 9.96. The predicted octanol–water partition coefficient (Wildman–Crippen LogP) is 4.35. The second-order valence-electron chi connectivity index (χ2n) is 7.98. The molecule has 0 aliphatic carbocycles. The summed E-state index contributed by atoms with van der Waals surface area (Å²) in [4.78, 5) is 10.6. The summed E-state index contributed by atoms with van der Waals surface area (Å²) in [6.45, 7) is 4.04. The number of pyridine rings is 2. The van der Waals surface area contributed by atoms with Gasteiger partial charge in [0, 0.05) is 25.3 Å². The van der Waals surface area contributed by atoms with E-state index in [-0.39, 0.29) is 18.3 Å². The van der Waals surface area contributed by atoms with E-state index in [9.17, 15) is 13.2 Å². The van der Waals surface area contributed by atoms with Crippen LogP contribution in [0, 0.1) is 23.4 Å². The topological polar surface area (TPSA) is 67.1 Å². The van der Waals surface area contributed by atoms with E-state index in [2.05, 4.69) is 27.1 Å². The molecule has 1 aromatic carbocycles. The molecule has 3 N–H and O–H groups in total. The van der Waals surface area contributed by atoms with Crippen LogP contribution in [0.1, 0.15) is 19.0 Å². The molecule has 8 heteroatoms. The third-order valence-electron chi connectivity index (χ3n) is 5.39. The minimum absolute atomic E-state index is 0.0988. The molecule has 31 heavy (non-hydrogen) atoms. The highest BCUT2D eigenvalue weighted by atomic mass is 19.1. The Morgan fingerprint density at radius 1 is 1.06 bits per heavy atom. The summed E-state index contributed by atoms with van der Waals surface area (Å²) in [5.41, 5.74) is 7.57. The molecule has 3 aromatic rings. The Hall–Kier alpha value is -3.13. The average molecular weight is 427 g/mol. The van der Waals surface area contributed by atoms with Crippen LogP contribution in [-0.2, 0) is 6.54 Å². The Labute approximate surface area is 179 Å². The fraction of sp³-hybridized carbons (Fsp3) is 0.304. The van der Waals surface area contributed by atoms with Crippen LogP contribution >= 0.6 is 0 Å². The van der Waals surface area contributed by atoms with Gasteiger partial charge in [-0.05, 0) is 42.7 Å². The molecule has 162 valence electrons. The minimum Gasteiger partial charge on any atom is -0.376 e. The number of nitrogens with zero attached hydrogens (tertiary/aromatic N) is 3. The number of hydrogen-bond acceptors (Lipinski definition) is 5. The molecule has 1 fully saturated rings. The van der Waals surface area contributed by atoms with Crippen LogP contribution in [0.4, 0.5) is 24.5 Å². The van der Waals surface area contributed by atoms with Gasteiger partial charge in [-0.15, -0.1) is 0 Å². The zero-order chi connectivity index (χ0) is 22.0. The van der Waals surface area contributed by atoms with Gasteiger partial charge in [-0.2, -0.15) is 0 Å². The first-order valence-corrected chi connectivity index (χ1v) is 10.2. The molecule has 5 nitrogen and oxygen atoms in total. The third-order valence-corrected chi connectivity index (χ3v) is 5.39. The van der Waals surface area contributed by atoms with Crippen molar-refractivity contribution < 1.29 is 13.2 Å². The van der Waals surface area contributed by atoms with Gasteiger partial charge >= 0.3 is 0 Å². The van der Waals surface area contributed by atoms with E-state index in [1.807, 2.05) is 6.07 Å². The highest BCUT2D eigenvalue weighted by Gasteiger charge is 2.24. The van der Waals surface area contributed by atoms with Crippen LogP contribution in [0.2, 0.25) is 0 Å². The normalized spacial score (nSPS) is 18.8. The van der Waals surface area contributed by atoms with E-state index in [1.165, 1.54) is 18.2 Å². The van der Waals surface area contributed by atoms with E-state index in [4.69, 9.17) is 5.73 Å². The van der Waals surface area contributed by atoms with Gasteiger partial charge in [-0.25, -0.2) is 18.2 Å². The molecule has 3 heterocycles. The number of piperidine rings is 1. The van der Waals surface area contributed by atoms with Crippen LogP contribution in [0.5, 0.6) is 0 Å². The maximum atomic E-state index is 14.3. The van der Waals surface area contributed by atoms with Crippen LogP contribution in [-0.4, -0.2) is 29.1 Å². The minimum atomic E-state index is -0.860. The standard InChI is InChI=1S/C23H24F3N5/c1-14-9-15(27)13-31(12-14)21-7-8-28-11-20(21)29-10-16-5-6-19(26)23(30-16)22-17(24)3-2-4-18(22)25/h2-8,11,14-15,29H,9-10,12-13,27H2,1H3. The Balaban J connectivity index is 1.57. The van der Waals surface area contributed by atoms with E-state index in [0.717, 1.165) is 43.0 Å². The molecule has 1 aliphatic heterocycles. The zero-order valence-corrected chi connectivity index (χ0v) is 17.2. The first-order chi connectivity index (χ1) is 14.9. The van der Waals surface area contributed by atoms with Gasteiger partial charge in [0.1, 0.15) is 23.1 Å². The number of rotatable bonds is 5. The maximum Gasteiger partial charge on any atom is 0.149 e. The van der Waals surface area contributed by atoms with Gasteiger partial charge in [-0.3, -0.25) is 4.98 Å². The van der Waals surface area contributed by atoms with Gasteiger partial charge in [-0.1, -0.05) is 13.0 Å². The lowest BCUT2D eigenvalue weighted by molar-refractivity contribution is 0.402. The molecule has 4 rings (SSSR count). The van der Waals surface area contributed by atoms with Crippen molar-refractivity contribution in [2.75, 3.05) is 23.3 Å². The van der Waals surface area contributed by atoms with Gasteiger partial charge in [0.2, 0.25) is 0 Å². The van der Waals surface area contributed by atoms with Crippen molar-refractivity contribution >= 4 is 11.4 Å². The van der Waals surface area contributed by atoms with Gasteiger partial charge in [0.25, 0.3) is 0 Å². The molecule has 2 atom stereocenters. The number of anilines is 2. The Bertz CT molecular complexity index is 1040. The van der Waals surface area contributed by atoms with Crippen LogP contribution in [0.25, 0.3) is 11.3 Å². The number of aromatic nitrogens is 2. The highest BCUT2D eigenvalue weighted by Crippen LogP contribution is 2.30. The van der Waals surface area contributed by atoms with Crippen molar-refractivity contribution in [1.29, 1.82) is 0 Å². The van der Waals surface area contributed by atoms with Crippen molar-refractivity contribution in [3.63, 3.8) is 0 Å². The van der Waals surface area contributed by atoms with Crippen molar-refractivity contribution in [2.24, 2.45) is 11.7 Å². The lowest BCUT2D eigenvalue weighted by Gasteiger charge is -2.37. The van der Waals surface area contributed by atoms with Crippen molar-refractivity contribution in [1.82, 2.24) is 9.97 Å². The first-order valence-electron chi connectivity index (χ1n) is 10.2. The Morgan fingerprint density at radius 2 is 1.84 bits per heavy atom. The monoisotopic (exact) mass is 427 g/mol. The Morgan fingerprint density at radius 3 is 2.58 bits per heavy atom. The van der Waals surface area contributed by atoms with Gasteiger partial charge in [0.15, 0.2) is 0 Å². The molecule has 2 unspecified atom stereocenters. The van der Waals surface area contributed by atoms with Crippen molar-refractivity contribution in [3.05, 3.63) is 71.9 Å². The summed E-state index contributed by atoms with van der Waals surface area (Å²) in [7, 11) is 0. The fourth-order valence-electron chi connectivity index (χ4n) is 4.06. The smallest absolute Gasteiger partial charge is 0.149 e. The molecule has 0 spiro atoms. The molecule has 0 saturated carbocycles. The molecule has 0 bridgehead atoms. The molecular weight excluding hydrogens is 403 g/mol. The highest BCUT2D eigenvalue weighted by molar-refractivity contribution is 5.69. The Kier molecular flexibility index (Phi) is 6.08. The lowest BCUT2D eigenvalue weighted by Crippen LogP contribution is -2.46. The van der Waals surface area contributed by atoms with Gasteiger partial charge < -0.3 is 16.0 Å². The second kappa shape index (κ2) is 8.93. The number of benzene rings is 1. The van der Waals surface area contributed by atoms with Crippen LogP contribution in [0.3, 0.4) is 0 Å². The largest absolute Gasteiger partial charge is 0.376 e. The summed E-state index contributed by atoms with van der Waals surface area (Å²) in [6, 6.07) is 8.06. The van der Waals surface area contributed by atoms with E-state index in [0.29, 0.717) is 11.6 Å². The number of nitrogens with two attached hydrogens (primary N) is 1. The summed E-state index contributed by atoms with van der Waals surface area (Å²) < 4.78 is 42.6. The second-order valence-corrected chi connectivity index (χ2v) is 7.98. The molecule has 1 saturated heterocycles. The SMILES string of the molecule is CC1CC(N)CN(c2ccncc2NCc2ccc(F)c(-c3c(F)cccc3F)n2)C1. The third kappa shape index (κ3) is 4.64. The summed E-state index contributed by atoms with van der Waals surface area (Å²) >= 11 is 0. The number of hydrogen-bond donors (Lipinski definition) is 2. The molecule has 2 aromatic heterocycles. The summed E-state index contributed by atoms with van der Waals surface area (Å²) in [5.74, 6) is -2.03. The maximum absolute atomic E-state index is 14.3. The average Bonchev–Trinajstić information content (AvgIpc) is 2.73. The quantitative estimate of drug-likeness (QED) is 0.634. The zero-order valence-electron chi connectivity index (χ0n) is 17.2. The molecule has 1 aliphatic rings. The first kappa shape index (κ1) is 21.1. The molecule has 0 amide bonds. The number of nitrogens with one attached hydrogen (secondary N) is 1. The van der Waals surface area contributed by atoms with Crippen molar-refractivity contribution in [3.8, 4) is 11.3 Å². The van der Waals surface area contributed by atoms with Gasteiger partial charge in [0.05, 0.1) is 35.4 Å². The summed E-state index contributed by atoms with van der Waals surface area (Å²) in [5, 5.41) is 3.27. The van der Waals surface area contributed by atoms with E-state index >= 15 is 0 Å².